The molecule has 3 unspecified atom stereocenters. The molecule has 1 saturated carbocycles. The third kappa shape index (κ3) is 3.45. The Morgan fingerprint density at radius 1 is 1.29 bits per heavy atom. The minimum absolute atomic E-state index is 0.239. The zero-order valence-corrected chi connectivity index (χ0v) is 14.5. The normalized spacial score (nSPS) is 40.8. The molecule has 3 aliphatic rings. The first kappa shape index (κ1) is 15.8. The largest absolute Gasteiger partial charge is 0.308 e. The van der Waals surface area contributed by atoms with Crippen molar-refractivity contribution in [3.63, 3.8) is 0 Å². The molecule has 4 nitrogen and oxygen atoms in total. The van der Waals surface area contributed by atoms with E-state index in [1.807, 2.05) is 0 Å². The predicted molar refractivity (Wildman–Crippen MR) is 86.1 cm³/mol. The summed E-state index contributed by atoms with van der Waals surface area (Å²) in [5.74, 6) is 2.58. The average Bonchev–Trinajstić information content (AvgIpc) is 3.16. The molecule has 3 rings (SSSR count). The Labute approximate surface area is 129 Å². The van der Waals surface area contributed by atoms with E-state index in [0.29, 0.717) is 29.4 Å². The lowest BCUT2D eigenvalue weighted by Gasteiger charge is -2.49. The molecule has 3 atom stereocenters. The molecule has 0 aromatic heterocycles. The summed E-state index contributed by atoms with van der Waals surface area (Å²) in [7, 11) is -2.76. The zero-order chi connectivity index (χ0) is 15.3. The fraction of sp³-hybridized carbons (Fsp3) is 1.00. The molecule has 0 spiro atoms. The van der Waals surface area contributed by atoms with Gasteiger partial charge in [-0.1, -0.05) is 13.8 Å². The van der Waals surface area contributed by atoms with Crippen molar-refractivity contribution in [3.8, 4) is 0 Å². The molecule has 122 valence electrons. The van der Waals surface area contributed by atoms with Crippen molar-refractivity contribution in [2.24, 2.45) is 17.8 Å². The van der Waals surface area contributed by atoms with Gasteiger partial charge < -0.3 is 5.32 Å². The number of sulfone groups is 1. The molecular weight excluding hydrogens is 284 g/mol. The van der Waals surface area contributed by atoms with E-state index in [-0.39, 0.29) is 5.54 Å². The average molecular weight is 314 g/mol. The summed E-state index contributed by atoms with van der Waals surface area (Å²) in [6.45, 7) is 10.0. The Hall–Kier alpha value is -0.130. The SMILES string of the molecule is CC(C)C1CNC(C)(C2CC2)CN1CC1CCS(=O)(=O)C1. The first-order valence-corrected chi connectivity index (χ1v) is 10.3. The van der Waals surface area contributed by atoms with Crippen LogP contribution in [0.5, 0.6) is 0 Å². The summed E-state index contributed by atoms with van der Waals surface area (Å²) in [6.07, 6.45) is 3.56. The van der Waals surface area contributed by atoms with Crippen LogP contribution < -0.4 is 5.32 Å². The van der Waals surface area contributed by atoms with E-state index in [2.05, 4.69) is 31.0 Å². The maximum atomic E-state index is 11.7. The Balaban J connectivity index is 1.68. The number of rotatable bonds is 4. The van der Waals surface area contributed by atoms with Crippen molar-refractivity contribution in [3.05, 3.63) is 0 Å². The van der Waals surface area contributed by atoms with E-state index in [9.17, 15) is 8.42 Å². The molecule has 0 aromatic rings. The van der Waals surface area contributed by atoms with Crippen LogP contribution in [0.2, 0.25) is 0 Å². The summed E-state index contributed by atoms with van der Waals surface area (Å²) in [4.78, 5) is 2.60. The number of nitrogens with zero attached hydrogens (tertiary/aromatic N) is 1. The van der Waals surface area contributed by atoms with Crippen molar-refractivity contribution in [2.75, 3.05) is 31.1 Å². The summed E-state index contributed by atoms with van der Waals surface area (Å²) in [5.41, 5.74) is 0.239. The van der Waals surface area contributed by atoms with Gasteiger partial charge in [-0.2, -0.15) is 0 Å². The van der Waals surface area contributed by atoms with Crippen LogP contribution in [-0.4, -0.2) is 56.0 Å². The Morgan fingerprint density at radius 3 is 2.52 bits per heavy atom. The van der Waals surface area contributed by atoms with Crippen molar-refractivity contribution in [2.45, 2.75) is 51.6 Å². The van der Waals surface area contributed by atoms with Gasteiger partial charge in [0.25, 0.3) is 0 Å². The van der Waals surface area contributed by atoms with Gasteiger partial charge in [-0.05, 0) is 43.9 Å². The maximum Gasteiger partial charge on any atom is 0.150 e. The van der Waals surface area contributed by atoms with E-state index in [1.54, 1.807) is 0 Å². The van der Waals surface area contributed by atoms with E-state index in [1.165, 1.54) is 12.8 Å². The highest BCUT2D eigenvalue weighted by atomic mass is 32.2. The quantitative estimate of drug-likeness (QED) is 0.855. The van der Waals surface area contributed by atoms with Crippen molar-refractivity contribution in [1.82, 2.24) is 10.2 Å². The summed E-state index contributed by atoms with van der Waals surface area (Å²) < 4.78 is 23.4. The van der Waals surface area contributed by atoms with Crippen LogP contribution in [0.15, 0.2) is 0 Å². The molecule has 21 heavy (non-hydrogen) atoms. The minimum atomic E-state index is -2.76. The Bertz CT molecular complexity index is 487. The Morgan fingerprint density at radius 2 is 2.00 bits per heavy atom. The van der Waals surface area contributed by atoms with E-state index < -0.39 is 9.84 Å². The molecule has 2 heterocycles. The van der Waals surface area contributed by atoms with Crippen LogP contribution in [0, 0.1) is 17.8 Å². The molecule has 0 aromatic carbocycles. The second-order valence-corrected chi connectivity index (χ2v) is 10.3. The van der Waals surface area contributed by atoms with Gasteiger partial charge in [0.2, 0.25) is 0 Å². The lowest BCUT2D eigenvalue weighted by atomic mass is 9.87. The molecule has 3 fully saturated rings. The highest BCUT2D eigenvalue weighted by Gasteiger charge is 2.47. The number of nitrogens with one attached hydrogen (secondary N) is 1. The summed E-state index contributed by atoms with van der Waals surface area (Å²) in [5, 5.41) is 3.80. The molecule has 1 N–H and O–H groups in total. The van der Waals surface area contributed by atoms with Crippen molar-refractivity contribution >= 4 is 9.84 Å². The second kappa shape index (κ2) is 5.50. The molecule has 2 saturated heterocycles. The molecule has 0 radical (unpaired) electrons. The molecule has 1 aliphatic carbocycles. The first-order valence-electron chi connectivity index (χ1n) is 8.48. The number of piperazine rings is 1. The van der Waals surface area contributed by atoms with E-state index >= 15 is 0 Å². The predicted octanol–water partition coefficient (Wildman–Crippen LogP) is 1.52. The maximum absolute atomic E-state index is 11.7. The second-order valence-electron chi connectivity index (χ2n) is 8.08. The van der Waals surface area contributed by atoms with Gasteiger partial charge in [0.15, 0.2) is 9.84 Å². The monoisotopic (exact) mass is 314 g/mol. The topological polar surface area (TPSA) is 49.4 Å². The third-order valence-electron chi connectivity index (χ3n) is 5.78. The molecule has 2 aliphatic heterocycles. The number of hydrogen-bond acceptors (Lipinski definition) is 4. The van der Waals surface area contributed by atoms with Crippen molar-refractivity contribution in [1.29, 1.82) is 0 Å². The van der Waals surface area contributed by atoms with Gasteiger partial charge >= 0.3 is 0 Å². The van der Waals surface area contributed by atoms with Gasteiger partial charge in [-0.25, -0.2) is 8.42 Å². The molecule has 0 amide bonds. The highest BCUT2D eigenvalue weighted by Crippen LogP contribution is 2.42. The lowest BCUT2D eigenvalue weighted by molar-refractivity contribution is 0.0426. The smallest absolute Gasteiger partial charge is 0.150 e. The van der Waals surface area contributed by atoms with Crippen LogP contribution in [0.1, 0.15) is 40.0 Å². The fourth-order valence-corrected chi connectivity index (χ4v) is 6.11. The highest BCUT2D eigenvalue weighted by molar-refractivity contribution is 7.91. The van der Waals surface area contributed by atoms with Gasteiger partial charge in [0, 0.05) is 31.2 Å². The Kier molecular flexibility index (Phi) is 4.13. The van der Waals surface area contributed by atoms with Gasteiger partial charge in [-0.3, -0.25) is 4.90 Å². The first-order chi connectivity index (χ1) is 9.79. The van der Waals surface area contributed by atoms with Crippen LogP contribution in [-0.2, 0) is 9.84 Å². The summed E-state index contributed by atoms with van der Waals surface area (Å²) in [6, 6.07) is 0.542. The molecule has 0 bridgehead atoms. The molecular formula is C16H30N2O2S. The van der Waals surface area contributed by atoms with Crippen LogP contribution in [0.3, 0.4) is 0 Å². The minimum Gasteiger partial charge on any atom is -0.308 e. The third-order valence-corrected chi connectivity index (χ3v) is 7.62. The van der Waals surface area contributed by atoms with Crippen LogP contribution in [0.4, 0.5) is 0 Å². The van der Waals surface area contributed by atoms with Crippen molar-refractivity contribution < 1.29 is 8.42 Å². The van der Waals surface area contributed by atoms with Crippen LogP contribution in [0.25, 0.3) is 0 Å². The lowest BCUT2D eigenvalue weighted by Crippen LogP contribution is -2.65. The van der Waals surface area contributed by atoms with E-state index in [4.69, 9.17) is 0 Å². The zero-order valence-electron chi connectivity index (χ0n) is 13.6. The molecule has 5 heteroatoms. The van der Waals surface area contributed by atoms with Crippen LogP contribution >= 0.6 is 0 Å². The standard InChI is InChI=1S/C16H30N2O2S/c1-12(2)15-8-17-16(3,14-4-5-14)11-18(15)9-13-6-7-21(19,20)10-13/h12-15,17H,4-11H2,1-3H3. The van der Waals surface area contributed by atoms with Gasteiger partial charge in [0.1, 0.15) is 0 Å². The number of hydrogen-bond donors (Lipinski definition) is 1. The van der Waals surface area contributed by atoms with Gasteiger partial charge in [0.05, 0.1) is 11.5 Å². The van der Waals surface area contributed by atoms with E-state index in [0.717, 1.165) is 32.0 Å². The fourth-order valence-electron chi connectivity index (χ4n) is 4.26. The van der Waals surface area contributed by atoms with Gasteiger partial charge in [-0.15, -0.1) is 0 Å². The summed E-state index contributed by atoms with van der Waals surface area (Å²) >= 11 is 0.